The maximum Gasteiger partial charge on any atom is 0.191 e. The highest BCUT2D eigenvalue weighted by atomic mass is 127. The van der Waals surface area contributed by atoms with Gasteiger partial charge in [0.25, 0.3) is 0 Å². The van der Waals surface area contributed by atoms with Crippen LogP contribution in [-0.4, -0.2) is 46.9 Å². The maximum absolute atomic E-state index is 5.39. The van der Waals surface area contributed by atoms with E-state index in [1.54, 1.807) is 18.0 Å². The molecule has 152 valence electrons. The predicted molar refractivity (Wildman–Crippen MR) is 125 cm³/mol. The van der Waals surface area contributed by atoms with Crippen LogP contribution in [0, 0.1) is 13.8 Å². The molecule has 2 aromatic rings. The second-order valence-electron chi connectivity index (χ2n) is 6.50. The monoisotopic (exact) mass is 505 g/mol. The number of nitrogens with one attached hydrogen (secondary N) is 2. The highest BCUT2D eigenvalue weighted by Gasteiger charge is 2.14. The third-order valence-corrected chi connectivity index (χ3v) is 4.95. The average Bonchev–Trinajstić information content (AvgIpc) is 3.19. The summed E-state index contributed by atoms with van der Waals surface area (Å²) < 4.78 is 7.34. The number of thioether (sulfide) groups is 1. The van der Waals surface area contributed by atoms with Gasteiger partial charge in [0.1, 0.15) is 5.76 Å². The lowest BCUT2D eigenvalue weighted by atomic mass is 10.1. The summed E-state index contributed by atoms with van der Waals surface area (Å²) in [5.74, 6) is 2.85. The molecule has 0 radical (unpaired) electrons. The molecule has 0 fully saturated rings. The summed E-state index contributed by atoms with van der Waals surface area (Å²) in [6.45, 7) is 7.97. The number of halogens is 1. The Bertz CT molecular complexity index is 699. The number of hydrogen-bond donors (Lipinski definition) is 2. The number of aliphatic imine (C=N–C) groups is 1. The van der Waals surface area contributed by atoms with E-state index in [2.05, 4.69) is 47.8 Å². The molecule has 0 saturated carbocycles. The zero-order valence-electron chi connectivity index (χ0n) is 16.9. The van der Waals surface area contributed by atoms with Crippen molar-refractivity contribution in [1.29, 1.82) is 0 Å². The molecule has 0 aromatic carbocycles. The fourth-order valence-corrected chi connectivity index (χ4v) is 3.14. The first-order valence-corrected chi connectivity index (χ1v) is 10.5. The molecule has 1 atom stereocenters. The van der Waals surface area contributed by atoms with E-state index in [0.29, 0.717) is 0 Å². The van der Waals surface area contributed by atoms with E-state index < -0.39 is 0 Å². The molecule has 0 bridgehead atoms. The zero-order valence-corrected chi connectivity index (χ0v) is 20.1. The Morgan fingerprint density at radius 2 is 2.19 bits per heavy atom. The summed E-state index contributed by atoms with van der Waals surface area (Å²) in [5, 5.41) is 11.5. The van der Waals surface area contributed by atoms with Crippen LogP contribution in [0.4, 0.5) is 0 Å². The predicted octanol–water partition coefficient (Wildman–Crippen LogP) is 3.32. The Balaban J connectivity index is 0.00000364. The molecule has 27 heavy (non-hydrogen) atoms. The van der Waals surface area contributed by atoms with Crippen molar-refractivity contribution in [2.24, 2.45) is 12.0 Å². The lowest BCUT2D eigenvalue weighted by Crippen LogP contribution is -2.44. The molecular weight excluding hydrogens is 473 g/mol. The Hall–Kier alpha value is -1.16. The smallest absolute Gasteiger partial charge is 0.191 e. The maximum atomic E-state index is 5.39. The van der Waals surface area contributed by atoms with Gasteiger partial charge < -0.3 is 15.1 Å². The highest BCUT2D eigenvalue weighted by Crippen LogP contribution is 2.14. The molecule has 2 heterocycles. The molecule has 0 aliphatic carbocycles. The quantitative estimate of drug-likeness (QED) is 0.237. The van der Waals surface area contributed by atoms with E-state index in [4.69, 9.17) is 4.42 Å². The molecule has 0 amide bonds. The summed E-state index contributed by atoms with van der Waals surface area (Å²) in [7, 11) is 2.00. The van der Waals surface area contributed by atoms with Gasteiger partial charge in [0.05, 0.1) is 18.5 Å². The highest BCUT2D eigenvalue weighted by molar-refractivity contribution is 14.0. The molecule has 2 N–H and O–H groups in total. The lowest BCUT2D eigenvalue weighted by molar-refractivity contribution is 0.506. The van der Waals surface area contributed by atoms with Gasteiger partial charge in [-0.3, -0.25) is 9.67 Å². The summed E-state index contributed by atoms with van der Waals surface area (Å²) in [4.78, 5) is 4.69. The summed E-state index contributed by atoms with van der Waals surface area (Å²) in [6, 6.07) is 4.18. The average molecular weight is 505 g/mol. The molecule has 0 spiro atoms. The lowest BCUT2D eigenvalue weighted by Gasteiger charge is -2.18. The van der Waals surface area contributed by atoms with Gasteiger partial charge in [-0.25, -0.2) is 0 Å². The van der Waals surface area contributed by atoms with Gasteiger partial charge in [-0.15, -0.1) is 24.0 Å². The standard InChI is InChI=1S/C19H31N5OS.HI/c1-14(13-18-15(2)23-24(4)16(18)3)22-19(21-10-12-26-5)20-9-8-17-7-6-11-25-17;/h6-7,11,14H,8-10,12-13H2,1-5H3,(H2,20,21,22);1H. The first kappa shape index (κ1) is 23.9. The summed E-state index contributed by atoms with van der Waals surface area (Å²) in [6.07, 6.45) is 5.57. The van der Waals surface area contributed by atoms with Gasteiger partial charge >= 0.3 is 0 Å². The van der Waals surface area contributed by atoms with Crippen molar-refractivity contribution in [2.75, 3.05) is 25.1 Å². The van der Waals surface area contributed by atoms with Crippen molar-refractivity contribution in [3.8, 4) is 0 Å². The van der Waals surface area contributed by atoms with Crippen LogP contribution < -0.4 is 10.6 Å². The molecule has 1 unspecified atom stereocenters. The third kappa shape index (κ3) is 7.77. The van der Waals surface area contributed by atoms with Crippen molar-refractivity contribution in [1.82, 2.24) is 20.4 Å². The van der Waals surface area contributed by atoms with E-state index in [-0.39, 0.29) is 30.0 Å². The van der Waals surface area contributed by atoms with Crippen LogP contribution in [0.15, 0.2) is 27.8 Å². The van der Waals surface area contributed by atoms with Crippen LogP contribution in [0.3, 0.4) is 0 Å². The Labute approximate surface area is 184 Å². The molecule has 0 saturated heterocycles. The SMILES string of the molecule is CSCCN=C(NCCc1ccco1)NC(C)Cc1c(C)nn(C)c1C.I. The molecule has 0 aliphatic heterocycles. The minimum Gasteiger partial charge on any atom is -0.469 e. The Kier molecular flexibility index (Phi) is 10.9. The summed E-state index contributed by atoms with van der Waals surface area (Å²) in [5.41, 5.74) is 3.64. The first-order valence-electron chi connectivity index (χ1n) is 9.06. The number of rotatable bonds is 9. The zero-order chi connectivity index (χ0) is 18.9. The summed E-state index contributed by atoms with van der Waals surface area (Å²) >= 11 is 1.80. The second kappa shape index (κ2) is 12.3. The number of furan rings is 1. The fraction of sp³-hybridized carbons (Fsp3) is 0.579. The van der Waals surface area contributed by atoms with Crippen LogP contribution in [0.2, 0.25) is 0 Å². The van der Waals surface area contributed by atoms with Crippen molar-refractivity contribution >= 4 is 41.7 Å². The molecule has 6 nitrogen and oxygen atoms in total. The number of aromatic nitrogens is 2. The van der Waals surface area contributed by atoms with Crippen molar-refractivity contribution in [2.45, 2.75) is 39.7 Å². The van der Waals surface area contributed by atoms with Crippen LogP contribution >= 0.6 is 35.7 Å². The minimum atomic E-state index is 0. The minimum absolute atomic E-state index is 0. The van der Waals surface area contributed by atoms with Crippen molar-refractivity contribution in [3.63, 3.8) is 0 Å². The Morgan fingerprint density at radius 3 is 2.78 bits per heavy atom. The van der Waals surface area contributed by atoms with Crippen LogP contribution in [0.1, 0.15) is 29.6 Å². The normalized spacial score (nSPS) is 12.6. The van der Waals surface area contributed by atoms with Gasteiger partial charge in [-0.1, -0.05) is 0 Å². The van der Waals surface area contributed by atoms with E-state index in [1.165, 1.54) is 11.3 Å². The molecular formula is C19H32IN5OS. The molecule has 2 aromatic heterocycles. The first-order chi connectivity index (χ1) is 12.5. The topological polar surface area (TPSA) is 67.4 Å². The largest absolute Gasteiger partial charge is 0.469 e. The van der Waals surface area contributed by atoms with E-state index in [1.807, 2.05) is 23.9 Å². The van der Waals surface area contributed by atoms with Crippen molar-refractivity contribution < 1.29 is 4.42 Å². The van der Waals surface area contributed by atoms with E-state index in [9.17, 15) is 0 Å². The van der Waals surface area contributed by atoms with Gasteiger partial charge in [0, 0.05) is 37.5 Å². The fourth-order valence-electron chi connectivity index (χ4n) is 2.86. The van der Waals surface area contributed by atoms with E-state index in [0.717, 1.165) is 49.1 Å². The third-order valence-electron chi connectivity index (χ3n) is 4.36. The second-order valence-corrected chi connectivity index (χ2v) is 7.49. The van der Waals surface area contributed by atoms with Gasteiger partial charge in [-0.2, -0.15) is 16.9 Å². The molecule has 8 heteroatoms. The number of guanidine groups is 1. The Morgan fingerprint density at radius 1 is 1.41 bits per heavy atom. The van der Waals surface area contributed by atoms with Gasteiger partial charge in [0.15, 0.2) is 5.96 Å². The van der Waals surface area contributed by atoms with Crippen LogP contribution in [0.25, 0.3) is 0 Å². The van der Waals surface area contributed by atoms with Crippen molar-refractivity contribution in [3.05, 3.63) is 41.1 Å². The van der Waals surface area contributed by atoms with E-state index >= 15 is 0 Å². The number of nitrogens with zero attached hydrogens (tertiary/aromatic N) is 3. The van der Waals surface area contributed by atoms with Crippen LogP contribution in [0.5, 0.6) is 0 Å². The molecule has 0 aliphatic rings. The number of hydrogen-bond acceptors (Lipinski definition) is 4. The van der Waals surface area contributed by atoms with Gasteiger partial charge in [-0.05, 0) is 51.1 Å². The van der Waals surface area contributed by atoms with Crippen LogP contribution in [-0.2, 0) is 19.9 Å². The van der Waals surface area contributed by atoms with Gasteiger partial charge in [0.2, 0.25) is 0 Å². The molecule has 2 rings (SSSR count). The number of aryl methyl sites for hydroxylation is 2.